The first-order chi connectivity index (χ1) is 7.44. The summed E-state index contributed by atoms with van der Waals surface area (Å²) < 4.78 is 37.6. The molecule has 0 aromatic heterocycles. The Morgan fingerprint density at radius 2 is 2.06 bits per heavy atom. The monoisotopic (exact) mass is 357 g/mol. The van der Waals surface area contributed by atoms with Gasteiger partial charge in [-0.15, -0.1) is 0 Å². The predicted octanol–water partition coefficient (Wildman–Crippen LogP) is 4.36. The van der Waals surface area contributed by atoms with Crippen LogP contribution in [0.2, 0.25) is 0 Å². The number of alkyl halides is 3. The highest BCUT2D eigenvalue weighted by molar-refractivity contribution is 14.1. The largest absolute Gasteiger partial charge is 0.446 e. The lowest BCUT2D eigenvalue weighted by Gasteiger charge is -2.11. The molecule has 0 fully saturated rings. The second-order valence-electron chi connectivity index (χ2n) is 2.92. The molecule has 0 spiro atoms. The Bertz CT molecular complexity index is 412. The van der Waals surface area contributed by atoms with Gasteiger partial charge in [-0.25, -0.2) is 0 Å². The molecule has 0 radical (unpaired) electrons. The third kappa shape index (κ3) is 4.22. The summed E-state index contributed by atoms with van der Waals surface area (Å²) in [5, 5.41) is 8.46. The van der Waals surface area contributed by atoms with Crippen molar-refractivity contribution in [1.29, 1.82) is 5.26 Å². The summed E-state index contributed by atoms with van der Waals surface area (Å²) in [5.74, 6) is 0. The Kier molecular flexibility index (Phi) is 4.92. The molecule has 0 N–H and O–H groups in total. The van der Waals surface area contributed by atoms with E-state index in [1.165, 1.54) is 6.07 Å². The fourth-order valence-corrected chi connectivity index (χ4v) is 2.86. The average molecular weight is 357 g/mol. The highest BCUT2D eigenvalue weighted by Crippen LogP contribution is 2.39. The minimum atomic E-state index is -4.29. The van der Waals surface area contributed by atoms with E-state index < -0.39 is 5.51 Å². The van der Waals surface area contributed by atoms with Gasteiger partial charge in [0.2, 0.25) is 0 Å². The van der Waals surface area contributed by atoms with Crippen LogP contribution < -0.4 is 0 Å². The van der Waals surface area contributed by atoms with E-state index in [0.717, 1.165) is 3.57 Å². The molecular formula is C10H7F3INS. The summed E-state index contributed by atoms with van der Waals surface area (Å²) >= 11 is 1.86. The Morgan fingerprint density at radius 3 is 2.62 bits per heavy atom. The summed E-state index contributed by atoms with van der Waals surface area (Å²) in [5.41, 5.74) is -3.68. The molecule has 0 aliphatic rings. The van der Waals surface area contributed by atoms with Gasteiger partial charge in [-0.05, 0) is 58.5 Å². The maximum atomic E-state index is 12.3. The Morgan fingerprint density at radius 1 is 1.38 bits per heavy atom. The highest BCUT2D eigenvalue weighted by Gasteiger charge is 2.30. The SMILES string of the molecule is N#CCCc1c(I)cccc1SC(F)(F)F. The van der Waals surface area contributed by atoms with Crippen molar-refractivity contribution < 1.29 is 13.2 Å². The van der Waals surface area contributed by atoms with Crippen molar-refractivity contribution in [3.63, 3.8) is 0 Å². The molecule has 0 unspecified atom stereocenters. The normalized spacial score (nSPS) is 11.2. The maximum absolute atomic E-state index is 12.3. The van der Waals surface area contributed by atoms with Gasteiger partial charge in [0, 0.05) is 14.9 Å². The van der Waals surface area contributed by atoms with Crippen LogP contribution in [0.15, 0.2) is 23.1 Å². The molecule has 0 aliphatic carbocycles. The maximum Gasteiger partial charge on any atom is 0.446 e. The smallest absolute Gasteiger partial charge is 0.198 e. The summed E-state index contributed by atoms with van der Waals surface area (Å²) in [6.45, 7) is 0. The molecule has 16 heavy (non-hydrogen) atoms. The Hall–Kier alpha value is -0.420. The van der Waals surface area contributed by atoms with Gasteiger partial charge in [-0.2, -0.15) is 18.4 Å². The molecule has 0 amide bonds. The number of nitrogens with zero attached hydrogens (tertiary/aromatic N) is 1. The zero-order valence-corrected chi connectivity index (χ0v) is 11.0. The molecule has 0 bridgehead atoms. The lowest BCUT2D eigenvalue weighted by molar-refractivity contribution is -0.0328. The van der Waals surface area contributed by atoms with E-state index >= 15 is 0 Å². The summed E-state index contributed by atoms with van der Waals surface area (Å²) in [6, 6.07) is 6.71. The second-order valence-corrected chi connectivity index (χ2v) is 5.19. The molecule has 6 heteroatoms. The van der Waals surface area contributed by atoms with Gasteiger partial charge in [-0.3, -0.25) is 0 Å². The van der Waals surface area contributed by atoms with Gasteiger partial charge in [0.05, 0.1) is 6.07 Å². The number of thioether (sulfide) groups is 1. The third-order valence-electron chi connectivity index (χ3n) is 1.79. The molecule has 86 valence electrons. The van der Waals surface area contributed by atoms with Crippen LogP contribution in [-0.2, 0) is 6.42 Å². The first-order valence-corrected chi connectivity index (χ1v) is 6.23. The van der Waals surface area contributed by atoms with Crippen LogP contribution in [0.3, 0.4) is 0 Å². The molecular weight excluding hydrogens is 350 g/mol. The van der Waals surface area contributed by atoms with Gasteiger partial charge >= 0.3 is 5.51 Å². The number of halogens is 4. The van der Waals surface area contributed by atoms with Crippen molar-refractivity contribution >= 4 is 34.4 Å². The van der Waals surface area contributed by atoms with Crippen LogP contribution in [0.4, 0.5) is 13.2 Å². The van der Waals surface area contributed by atoms with E-state index in [1.807, 2.05) is 28.7 Å². The van der Waals surface area contributed by atoms with Gasteiger partial charge in [0.15, 0.2) is 0 Å². The van der Waals surface area contributed by atoms with Gasteiger partial charge in [0.25, 0.3) is 0 Å². The van der Waals surface area contributed by atoms with Crippen molar-refractivity contribution in [3.8, 4) is 6.07 Å². The van der Waals surface area contributed by atoms with Crippen LogP contribution in [0.1, 0.15) is 12.0 Å². The van der Waals surface area contributed by atoms with Crippen LogP contribution in [0, 0.1) is 14.9 Å². The number of benzene rings is 1. The van der Waals surface area contributed by atoms with Crippen LogP contribution in [0.25, 0.3) is 0 Å². The minimum absolute atomic E-state index is 0.122. The Balaban J connectivity index is 2.99. The van der Waals surface area contributed by atoms with E-state index in [4.69, 9.17) is 5.26 Å². The Labute approximate surface area is 109 Å². The van der Waals surface area contributed by atoms with Crippen molar-refractivity contribution in [3.05, 3.63) is 27.3 Å². The zero-order chi connectivity index (χ0) is 12.2. The topological polar surface area (TPSA) is 23.8 Å². The van der Waals surface area contributed by atoms with Crippen molar-refractivity contribution in [1.82, 2.24) is 0 Å². The van der Waals surface area contributed by atoms with E-state index in [-0.39, 0.29) is 23.1 Å². The number of hydrogen-bond donors (Lipinski definition) is 0. The zero-order valence-electron chi connectivity index (χ0n) is 8.01. The average Bonchev–Trinajstić information content (AvgIpc) is 2.14. The van der Waals surface area contributed by atoms with Crippen molar-refractivity contribution in [2.24, 2.45) is 0 Å². The first kappa shape index (κ1) is 13.6. The molecule has 1 aromatic rings. The fourth-order valence-electron chi connectivity index (χ4n) is 1.18. The minimum Gasteiger partial charge on any atom is -0.198 e. The lowest BCUT2D eigenvalue weighted by atomic mass is 10.1. The third-order valence-corrected chi connectivity index (χ3v) is 3.63. The number of rotatable bonds is 3. The number of hydrogen-bond acceptors (Lipinski definition) is 2. The van der Waals surface area contributed by atoms with Crippen LogP contribution in [0.5, 0.6) is 0 Å². The second kappa shape index (κ2) is 5.77. The predicted molar refractivity (Wildman–Crippen MR) is 65.0 cm³/mol. The quantitative estimate of drug-likeness (QED) is 0.593. The summed E-state index contributed by atoms with van der Waals surface area (Å²) in [6.07, 6.45) is 0.583. The molecule has 0 saturated carbocycles. The summed E-state index contributed by atoms with van der Waals surface area (Å²) in [7, 11) is 0. The lowest BCUT2D eigenvalue weighted by Crippen LogP contribution is -2.02. The molecule has 1 aromatic carbocycles. The van der Waals surface area contributed by atoms with E-state index in [0.29, 0.717) is 12.0 Å². The van der Waals surface area contributed by atoms with E-state index in [2.05, 4.69) is 0 Å². The van der Waals surface area contributed by atoms with Crippen molar-refractivity contribution in [2.75, 3.05) is 0 Å². The molecule has 0 aliphatic heterocycles. The van der Waals surface area contributed by atoms with Gasteiger partial charge < -0.3 is 0 Å². The molecule has 0 saturated heterocycles. The molecule has 1 rings (SSSR count). The molecule has 0 heterocycles. The van der Waals surface area contributed by atoms with E-state index in [9.17, 15) is 13.2 Å². The number of nitriles is 1. The summed E-state index contributed by atoms with van der Waals surface area (Å²) in [4.78, 5) is 0.189. The standard InChI is InChI=1S/C10H7F3INS/c11-10(12,13)16-9-5-1-4-8(14)7(9)3-2-6-15/h1,4-5H,2-3H2. The van der Waals surface area contributed by atoms with Crippen LogP contribution >= 0.6 is 34.4 Å². The highest BCUT2D eigenvalue weighted by atomic mass is 127. The molecule has 0 atom stereocenters. The molecule has 1 nitrogen and oxygen atoms in total. The van der Waals surface area contributed by atoms with E-state index in [1.54, 1.807) is 12.1 Å². The first-order valence-electron chi connectivity index (χ1n) is 4.34. The van der Waals surface area contributed by atoms with Gasteiger partial charge in [0.1, 0.15) is 0 Å². The van der Waals surface area contributed by atoms with Gasteiger partial charge in [-0.1, -0.05) is 6.07 Å². The van der Waals surface area contributed by atoms with Crippen LogP contribution in [-0.4, -0.2) is 5.51 Å². The van der Waals surface area contributed by atoms with Crippen molar-refractivity contribution in [2.45, 2.75) is 23.2 Å². The fraction of sp³-hybridized carbons (Fsp3) is 0.300.